The molecule has 0 unspecified atom stereocenters. The van der Waals surface area contributed by atoms with Crippen LogP contribution in [0.25, 0.3) is 0 Å². The molecule has 0 spiro atoms. The third-order valence-corrected chi connectivity index (χ3v) is 1.89. The molecule has 0 heterocycles. The summed E-state index contributed by atoms with van der Waals surface area (Å²) in [5, 5.41) is 0. The Bertz CT molecular complexity index is 286. The Hall–Kier alpha value is 0.109. The van der Waals surface area contributed by atoms with Gasteiger partial charge < -0.3 is 4.74 Å². The van der Waals surface area contributed by atoms with Crippen LogP contribution in [0, 0.1) is 7.11 Å². The maximum Gasteiger partial charge on any atom is 0.206 e. The molecule has 1 aromatic rings. The van der Waals surface area contributed by atoms with Crippen LogP contribution in [0.15, 0.2) is 24.3 Å². The number of rotatable bonds is 5. The number of ether oxygens (including phenoxy) is 1. The second-order valence-electron chi connectivity index (χ2n) is 2.91. The Morgan fingerprint density at radius 1 is 1.53 bits per heavy atom. The summed E-state index contributed by atoms with van der Waals surface area (Å²) in [6.45, 7) is 3.41. The number of hydrogen-bond donors (Lipinski definition) is 1. The minimum atomic E-state index is 0. The first kappa shape index (κ1) is 15.1. The summed E-state index contributed by atoms with van der Waals surface area (Å²) in [5.41, 5.74) is 4.14. The number of hydrazine groups is 1. The molecule has 0 amide bonds. The van der Waals surface area contributed by atoms with Crippen LogP contribution in [0.3, 0.4) is 0 Å². The van der Waals surface area contributed by atoms with Crippen molar-refractivity contribution in [3.05, 3.63) is 36.9 Å². The van der Waals surface area contributed by atoms with Gasteiger partial charge in [0, 0.05) is 39.3 Å². The quantitative estimate of drug-likeness (QED) is 0.498. The van der Waals surface area contributed by atoms with Gasteiger partial charge in [0.2, 0.25) is 7.98 Å². The van der Waals surface area contributed by atoms with Gasteiger partial charge in [0.1, 0.15) is 0 Å². The van der Waals surface area contributed by atoms with Gasteiger partial charge in [-0.25, -0.2) is 0 Å². The minimum absolute atomic E-state index is 0. The first-order valence-corrected chi connectivity index (χ1v) is 4.53. The number of nitrogens with zero attached hydrogens (tertiary/aromatic N) is 1. The van der Waals surface area contributed by atoms with Crippen molar-refractivity contribution in [2.75, 3.05) is 6.54 Å². The molecule has 15 heavy (non-hydrogen) atoms. The van der Waals surface area contributed by atoms with Crippen LogP contribution in [0.1, 0.15) is 12.5 Å². The Balaban J connectivity index is 0.00000196. The summed E-state index contributed by atoms with van der Waals surface area (Å²) >= 11 is 0. The zero-order chi connectivity index (χ0) is 10.4. The van der Waals surface area contributed by atoms with Crippen molar-refractivity contribution >= 4 is 7.98 Å². The minimum Gasteiger partial charge on any atom is -0.665 e. The summed E-state index contributed by atoms with van der Waals surface area (Å²) in [5.74, 6) is 0.754. The fraction of sp³-hybridized carbons (Fsp3) is 0.300. The van der Waals surface area contributed by atoms with E-state index in [1.54, 1.807) is 0 Å². The summed E-state index contributed by atoms with van der Waals surface area (Å²) in [6, 6.07) is 7.70. The van der Waals surface area contributed by atoms with Gasteiger partial charge in [-0.05, 0) is 24.2 Å². The van der Waals surface area contributed by atoms with Crippen LogP contribution >= 0.6 is 0 Å². The van der Waals surface area contributed by atoms with E-state index in [0.717, 1.165) is 17.9 Å². The van der Waals surface area contributed by atoms with E-state index in [4.69, 9.17) is 12.7 Å². The van der Waals surface area contributed by atoms with Gasteiger partial charge in [0.05, 0.1) is 5.75 Å². The van der Waals surface area contributed by atoms with Crippen LogP contribution in [0.2, 0.25) is 0 Å². The van der Waals surface area contributed by atoms with Gasteiger partial charge in [0.15, 0.2) is 0 Å². The Morgan fingerprint density at radius 3 is 2.87 bits per heavy atom. The standard InChI is InChI=1S/C10H14BN2O.Y/c1-3-13(11)12-8-9-5-4-6-10(7-9)14-2;/h4-7,12H,2-3,8H2,1H3;/q-1;. The van der Waals surface area contributed by atoms with Gasteiger partial charge >= 0.3 is 0 Å². The Kier molecular flexibility index (Phi) is 8.34. The Morgan fingerprint density at radius 2 is 2.27 bits per heavy atom. The van der Waals surface area contributed by atoms with E-state index in [2.05, 4.69) is 12.5 Å². The van der Waals surface area contributed by atoms with Crippen molar-refractivity contribution in [1.29, 1.82) is 0 Å². The molecular formula is C10H14BN2OY-. The largest absolute Gasteiger partial charge is 0.665 e. The second kappa shape index (κ2) is 8.28. The molecule has 0 bridgehead atoms. The average molecular weight is 278 g/mol. The van der Waals surface area contributed by atoms with Crippen molar-refractivity contribution < 1.29 is 37.4 Å². The van der Waals surface area contributed by atoms with E-state index in [9.17, 15) is 0 Å². The number of hydrogen-bond acceptors (Lipinski definition) is 3. The SMILES string of the molecule is [B]N(CC)NCc1cccc(O[CH2-])c1.[Y]. The first-order valence-electron chi connectivity index (χ1n) is 4.53. The molecule has 0 aliphatic heterocycles. The first-order chi connectivity index (χ1) is 6.76. The molecule has 0 aromatic heterocycles. The van der Waals surface area contributed by atoms with Crippen LogP contribution in [0.4, 0.5) is 0 Å². The Labute approximate surface area is 118 Å². The van der Waals surface area contributed by atoms with Crippen LogP contribution < -0.4 is 10.2 Å². The number of benzene rings is 1. The molecule has 0 saturated heterocycles. The van der Waals surface area contributed by atoms with Crippen molar-refractivity contribution in [3.8, 4) is 5.75 Å². The van der Waals surface area contributed by atoms with Crippen molar-refractivity contribution in [3.63, 3.8) is 0 Å². The summed E-state index contributed by atoms with van der Waals surface area (Å²) < 4.78 is 4.87. The van der Waals surface area contributed by atoms with E-state index in [1.807, 2.05) is 31.2 Å². The molecule has 1 N–H and O–H groups in total. The maximum atomic E-state index is 5.57. The molecule has 1 rings (SSSR count). The smallest absolute Gasteiger partial charge is 0.206 e. The normalized spacial score (nSPS) is 9.80. The summed E-state index contributed by atoms with van der Waals surface area (Å²) in [6.07, 6.45) is 0. The predicted molar refractivity (Wildman–Crippen MR) is 57.4 cm³/mol. The molecule has 0 saturated carbocycles. The zero-order valence-electron chi connectivity index (χ0n) is 8.94. The third-order valence-electron chi connectivity index (χ3n) is 1.89. The average Bonchev–Trinajstić information content (AvgIpc) is 2.26. The van der Waals surface area contributed by atoms with Crippen molar-refractivity contribution in [2.45, 2.75) is 13.5 Å². The maximum absolute atomic E-state index is 5.57. The second-order valence-corrected chi connectivity index (χ2v) is 2.91. The molecule has 0 atom stereocenters. The molecule has 5 heteroatoms. The molecule has 77 valence electrons. The number of nitrogens with one attached hydrogen (secondary N) is 1. The molecule has 3 radical (unpaired) electrons. The van der Waals surface area contributed by atoms with E-state index < -0.39 is 0 Å². The molecule has 0 fully saturated rings. The molecule has 1 aromatic carbocycles. The monoisotopic (exact) mass is 278 g/mol. The van der Waals surface area contributed by atoms with Gasteiger partial charge in [-0.15, -0.1) is 0 Å². The summed E-state index contributed by atoms with van der Waals surface area (Å²) in [4.78, 5) is 1.54. The predicted octanol–water partition coefficient (Wildman–Crippen LogP) is 1.26. The molecular weight excluding hydrogens is 264 g/mol. The van der Waals surface area contributed by atoms with Gasteiger partial charge in [0.25, 0.3) is 0 Å². The molecule has 0 aliphatic rings. The fourth-order valence-electron chi connectivity index (χ4n) is 1.05. The summed E-state index contributed by atoms with van der Waals surface area (Å²) in [7, 11) is 8.92. The van der Waals surface area contributed by atoms with Crippen molar-refractivity contribution in [2.24, 2.45) is 0 Å². The van der Waals surface area contributed by atoms with Crippen molar-refractivity contribution in [1.82, 2.24) is 10.3 Å². The van der Waals surface area contributed by atoms with E-state index in [-0.39, 0.29) is 32.7 Å². The van der Waals surface area contributed by atoms with Crippen LogP contribution in [-0.2, 0) is 39.3 Å². The molecule has 3 nitrogen and oxygen atoms in total. The zero-order valence-corrected chi connectivity index (χ0v) is 11.8. The topological polar surface area (TPSA) is 24.5 Å². The van der Waals surface area contributed by atoms with Gasteiger partial charge in [-0.2, -0.15) is 7.11 Å². The third kappa shape index (κ3) is 5.67. The van der Waals surface area contributed by atoms with Gasteiger partial charge in [-0.3, -0.25) is 10.3 Å². The van der Waals surface area contributed by atoms with Crippen LogP contribution in [0.5, 0.6) is 5.75 Å². The van der Waals surface area contributed by atoms with Gasteiger partial charge in [-0.1, -0.05) is 19.1 Å². The van der Waals surface area contributed by atoms with E-state index in [0.29, 0.717) is 6.54 Å². The molecule has 0 aliphatic carbocycles. The fourth-order valence-corrected chi connectivity index (χ4v) is 1.05. The van der Waals surface area contributed by atoms with E-state index >= 15 is 0 Å². The van der Waals surface area contributed by atoms with E-state index in [1.165, 1.54) is 4.92 Å². The van der Waals surface area contributed by atoms with Crippen LogP contribution in [-0.4, -0.2) is 19.4 Å².